The van der Waals surface area contributed by atoms with Crippen molar-refractivity contribution in [2.45, 2.75) is 52.1 Å². The molecule has 1 aromatic carbocycles. The molecule has 0 aromatic heterocycles. The van der Waals surface area contributed by atoms with Crippen molar-refractivity contribution in [3.63, 3.8) is 0 Å². The first-order valence-electron chi connectivity index (χ1n) is 7.50. The third-order valence-corrected chi connectivity index (χ3v) is 4.57. The van der Waals surface area contributed by atoms with Crippen LogP contribution in [0, 0.1) is 0 Å². The Labute approximate surface area is 130 Å². The molecule has 0 saturated carbocycles. The number of rotatable bonds is 4. The molecule has 1 heterocycles. The lowest BCUT2D eigenvalue weighted by Crippen LogP contribution is -2.31. The quantitative estimate of drug-likeness (QED) is 0.885. The molecule has 4 heteroatoms. The minimum Gasteiger partial charge on any atom is -0.503 e. The highest BCUT2D eigenvalue weighted by Gasteiger charge is 2.18. The Balaban J connectivity index is 2.15. The molecular weight excluding hydrogens is 318 g/mol. The van der Waals surface area contributed by atoms with E-state index in [4.69, 9.17) is 4.74 Å². The lowest BCUT2D eigenvalue weighted by molar-refractivity contribution is 0.204. The molecule has 0 amide bonds. The number of phenols is 1. The Kier molecular flexibility index (Phi) is 5.73. The maximum absolute atomic E-state index is 9.97. The van der Waals surface area contributed by atoms with Crippen molar-refractivity contribution in [3.8, 4) is 11.5 Å². The first-order valence-corrected chi connectivity index (χ1v) is 8.29. The van der Waals surface area contributed by atoms with E-state index in [-0.39, 0.29) is 5.75 Å². The Morgan fingerprint density at radius 3 is 2.90 bits per heavy atom. The van der Waals surface area contributed by atoms with Gasteiger partial charge in [-0.3, -0.25) is 4.90 Å². The van der Waals surface area contributed by atoms with Gasteiger partial charge >= 0.3 is 0 Å². The zero-order chi connectivity index (χ0) is 14.5. The van der Waals surface area contributed by atoms with Crippen molar-refractivity contribution < 1.29 is 9.84 Å². The maximum Gasteiger partial charge on any atom is 0.172 e. The average molecular weight is 342 g/mol. The van der Waals surface area contributed by atoms with Crippen LogP contribution in [-0.4, -0.2) is 29.2 Å². The van der Waals surface area contributed by atoms with Crippen molar-refractivity contribution in [2.24, 2.45) is 0 Å². The molecular formula is C16H24BrNO2. The fraction of sp³-hybridized carbons (Fsp3) is 0.625. The summed E-state index contributed by atoms with van der Waals surface area (Å²) < 4.78 is 6.21. The summed E-state index contributed by atoms with van der Waals surface area (Å²) >= 11 is 3.41. The molecule has 1 aliphatic rings. The lowest BCUT2D eigenvalue weighted by atomic mass is 10.1. The third-order valence-electron chi connectivity index (χ3n) is 3.96. The van der Waals surface area contributed by atoms with Gasteiger partial charge in [-0.15, -0.1) is 0 Å². The average Bonchev–Trinajstić information content (AvgIpc) is 2.61. The van der Waals surface area contributed by atoms with Crippen LogP contribution in [0.1, 0.15) is 45.1 Å². The van der Waals surface area contributed by atoms with Crippen LogP contribution in [0.3, 0.4) is 0 Å². The maximum atomic E-state index is 9.97. The van der Waals surface area contributed by atoms with E-state index < -0.39 is 0 Å². The predicted octanol–water partition coefficient (Wildman–Crippen LogP) is 4.32. The smallest absolute Gasteiger partial charge is 0.172 e. The molecule has 2 rings (SSSR count). The van der Waals surface area contributed by atoms with E-state index in [1.54, 1.807) is 0 Å². The number of halogens is 1. The van der Waals surface area contributed by atoms with E-state index in [0.29, 0.717) is 22.9 Å². The minimum absolute atomic E-state index is 0.194. The normalized spacial score (nSPS) is 20.6. The molecule has 0 aliphatic carbocycles. The number of aromatic hydroxyl groups is 1. The molecule has 112 valence electrons. The first kappa shape index (κ1) is 15.6. The molecule has 3 nitrogen and oxygen atoms in total. The number of hydrogen-bond acceptors (Lipinski definition) is 3. The number of benzene rings is 1. The number of ether oxygens (including phenoxy) is 1. The molecule has 1 aliphatic heterocycles. The summed E-state index contributed by atoms with van der Waals surface area (Å²) in [5, 5.41) is 9.97. The second-order valence-electron chi connectivity index (χ2n) is 5.53. The predicted molar refractivity (Wildman–Crippen MR) is 85.3 cm³/mol. The van der Waals surface area contributed by atoms with Gasteiger partial charge in [0, 0.05) is 12.6 Å². The van der Waals surface area contributed by atoms with Crippen LogP contribution in [0.5, 0.6) is 11.5 Å². The third kappa shape index (κ3) is 3.89. The standard InChI is InChI=1S/C16H24BrNO2/c1-3-20-15-10-13(9-14(17)16(15)19)11-18-8-6-4-5-7-12(18)2/h9-10,12,19H,3-8,11H2,1-2H3. The summed E-state index contributed by atoms with van der Waals surface area (Å²) in [6.45, 7) is 6.87. The highest BCUT2D eigenvalue weighted by Crippen LogP contribution is 2.36. The summed E-state index contributed by atoms with van der Waals surface area (Å²) in [5.41, 5.74) is 1.19. The molecule has 20 heavy (non-hydrogen) atoms. The van der Waals surface area contributed by atoms with Gasteiger partial charge in [-0.2, -0.15) is 0 Å². The monoisotopic (exact) mass is 341 g/mol. The zero-order valence-corrected chi connectivity index (χ0v) is 13.9. The highest BCUT2D eigenvalue weighted by molar-refractivity contribution is 9.10. The first-order chi connectivity index (χ1) is 9.61. The van der Waals surface area contributed by atoms with Crippen LogP contribution in [0.15, 0.2) is 16.6 Å². The Bertz CT molecular complexity index is 450. The van der Waals surface area contributed by atoms with Gasteiger partial charge in [0.25, 0.3) is 0 Å². The van der Waals surface area contributed by atoms with Crippen molar-refractivity contribution in [1.82, 2.24) is 4.90 Å². The summed E-state index contributed by atoms with van der Waals surface area (Å²) in [6.07, 6.45) is 5.23. The number of phenolic OH excluding ortho intramolecular Hbond substituents is 1. The topological polar surface area (TPSA) is 32.7 Å². The van der Waals surface area contributed by atoms with Gasteiger partial charge in [-0.25, -0.2) is 0 Å². The number of nitrogens with zero attached hydrogens (tertiary/aromatic N) is 1. The summed E-state index contributed by atoms with van der Waals surface area (Å²) in [4.78, 5) is 2.53. The van der Waals surface area contributed by atoms with Gasteiger partial charge in [0.15, 0.2) is 11.5 Å². The van der Waals surface area contributed by atoms with E-state index >= 15 is 0 Å². The van der Waals surface area contributed by atoms with Gasteiger partial charge in [0.2, 0.25) is 0 Å². The van der Waals surface area contributed by atoms with Gasteiger partial charge in [-0.05, 0) is 66.9 Å². The summed E-state index contributed by atoms with van der Waals surface area (Å²) in [7, 11) is 0. The van der Waals surface area contributed by atoms with Crippen LogP contribution in [0.4, 0.5) is 0 Å². The molecule has 0 spiro atoms. The van der Waals surface area contributed by atoms with Crippen LogP contribution in [0.25, 0.3) is 0 Å². The van der Waals surface area contributed by atoms with Crippen molar-refractivity contribution >= 4 is 15.9 Å². The Hall–Kier alpha value is -0.740. The van der Waals surface area contributed by atoms with Gasteiger partial charge in [0.1, 0.15) is 0 Å². The van der Waals surface area contributed by atoms with Crippen molar-refractivity contribution in [1.29, 1.82) is 0 Å². The Morgan fingerprint density at radius 1 is 1.35 bits per heavy atom. The van der Waals surface area contributed by atoms with E-state index in [1.165, 1.54) is 31.2 Å². The van der Waals surface area contributed by atoms with Gasteiger partial charge in [0.05, 0.1) is 11.1 Å². The second-order valence-corrected chi connectivity index (χ2v) is 6.38. The van der Waals surface area contributed by atoms with Crippen LogP contribution in [-0.2, 0) is 6.54 Å². The van der Waals surface area contributed by atoms with E-state index in [1.807, 2.05) is 19.1 Å². The van der Waals surface area contributed by atoms with Gasteiger partial charge < -0.3 is 9.84 Å². The zero-order valence-electron chi connectivity index (χ0n) is 12.4. The number of hydrogen-bond donors (Lipinski definition) is 1. The lowest BCUT2D eigenvalue weighted by Gasteiger charge is -2.27. The largest absolute Gasteiger partial charge is 0.503 e. The molecule has 0 radical (unpaired) electrons. The SMILES string of the molecule is CCOc1cc(CN2CCCCCC2C)cc(Br)c1O. The van der Waals surface area contributed by atoms with Crippen LogP contribution >= 0.6 is 15.9 Å². The Morgan fingerprint density at radius 2 is 2.15 bits per heavy atom. The molecule has 1 unspecified atom stereocenters. The summed E-state index contributed by atoms with van der Waals surface area (Å²) in [6, 6.07) is 4.58. The van der Waals surface area contributed by atoms with Crippen molar-refractivity contribution in [3.05, 3.63) is 22.2 Å². The fourth-order valence-corrected chi connectivity index (χ4v) is 3.28. The van der Waals surface area contributed by atoms with Crippen LogP contribution in [0.2, 0.25) is 0 Å². The molecule has 0 bridgehead atoms. The van der Waals surface area contributed by atoms with E-state index in [0.717, 1.165) is 13.1 Å². The highest BCUT2D eigenvalue weighted by atomic mass is 79.9. The molecule has 1 fully saturated rings. The van der Waals surface area contributed by atoms with Crippen molar-refractivity contribution in [2.75, 3.05) is 13.2 Å². The van der Waals surface area contributed by atoms with Crippen LogP contribution < -0.4 is 4.74 Å². The molecule has 1 saturated heterocycles. The number of likely N-dealkylation sites (tertiary alicyclic amines) is 1. The molecule has 1 aromatic rings. The van der Waals surface area contributed by atoms with E-state index in [2.05, 4.69) is 27.8 Å². The molecule has 1 atom stereocenters. The van der Waals surface area contributed by atoms with E-state index in [9.17, 15) is 5.11 Å². The minimum atomic E-state index is 0.194. The molecule has 1 N–H and O–H groups in total. The second kappa shape index (κ2) is 7.32. The fourth-order valence-electron chi connectivity index (χ4n) is 2.79. The summed E-state index contributed by atoms with van der Waals surface area (Å²) in [5.74, 6) is 0.763. The van der Waals surface area contributed by atoms with Gasteiger partial charge in [-0.1, -0.05) is 12.8 Å².